The van der Waals surface area contributed by atoms with Crippen molar-refractivity contribution < 1.29 is 37.3 Å². The molecule has 3 rings (SSSR count). The van der Waals surface area contributed by atoms with Gasteiger partial charge in [-0.05, 0) is 31.1 Å². The second-order valence-corrected chi connectivity index (χ2v) is 7.44. The summed E-state index contributed by atoms with van der Waals surface area (Å²) in [5.74, 6) is -4.16. The third kappa shape index (κ3) is 3.43. The molecule has 26 heavy (non-hydrogen) atoms. The van der Waals surface area contributed by atoms with Crippen molar-refractivity contribution in [2.75, 3.05) is 20.3 Å². The number of carboxylic acid groups (broad SMARTS) is 1. The molecular weight excluding hydrogens is 355 g/mol. The van der Waals surface area contributed by atoms with Crippen LogP contribution in [0.4, 0.5) is 13.2 Å². The molecule has 0 aromatic heterocycles. The van der Waals surface area contributed by atoms with Crippen LogP contribution in [0, 0.1) is 17.8 Å². The van der Waals surface area contributed by atoms with E-state index >= 15 is 0 Å². The van der Waals surface area contributed by atoms with Crippen LogP contribution in [0.25, 0.3) is 0 Å². The fourth-order valence-electron chi connectivity index (χ4n) is 5.14. The first-order chi connectivity index (χ1) is 12.3. The Balaban J connectivity index is 1.97. The van der Waals surface area contributed by atoms with Crippen molar-refractivity contribution in [1.82, 2.24) is 4.90 Å². The number of aliphatic carboxylic acids is 1. The van der Waals surface area contributed by atoms with Gasteiger partial charge in [-0.3, -0.25) is 9.59 Å². The molecular formula is C17H24F3NO5. The Labute approximate surface area is 149 Å². The van der Waals surface area contributed by atoms with E-state index in [9.17, 15) is 27.9 Å². The Kier molecular flexibility index (Phi) is 5.48. The lowest BCUT2D eigenvalue weighted by Gasteiger charge is -2.43. The van der Waals surface area contributed by atoms with Gasteiger partial charge in [0.05, 0.1) is 18.6 Å². The fourth-order valence-corrected chi connectivity index (χ4v) is 5.14. The number of carboxylic acids is 1. The number of carbonyl (C=O) groups is 2. The zero-order valence-corrected chi connectivity index (χ0v) is 14.6. The molecule has 2 saturated carbocycles. The summed E-state index contributed by atoms with van der Waals surface area (Å²) in [6.45, 7) is 0.295. The summed E-state index contributed by atoms with van der Waals surface area (Å²) in [4.78, 5) is 25.0. The summed E-state index contributed by atoms with van der Waals surface area (Å²) in [7, 11) is 1.36. The zero-order chi connectivity index (χ0) is 19.1. The molecule has 6 nitrogen and oxygen atoms in total. The van der Waals surface area contributed by atoms with Crippen LogP contribution >= 0.6 is 0 Å². The van der Waals surface area contributed by atoms with Crippen molar-refractivity contribution in [3.05, 3.63) is 0 Å². The highest BCUT2D eigenvalue weighted by atomic mass is 19.4. The highest BCUT2D eigenvalue weighted by molar-refractivity contribution is 5.84. The smallest absolute Gasteiger partial charge is 0.471 e. The lowest BCUT2D eigenvalue weighted by molar-refractivity contribution is -0.199. The molecule has 1 N–H and O–H groups in total. The van der Waals surface area contributed by atoms with E-state index < -0.39 is 42.2 Å². The maximum absolute atomic E-state index is 13.3. The highest BCUT2D eigenvalue weighted by Crippen LogP contribution is 2.50. The Morgan fingerprint density at radius 2 is 1.92 bits per heavy atom. The molecule has 0 spiro atoms. The first-order valence-electron chi connectivity index (χ1n) is 8.98. The van der Waals surface area contributed by atoms with Gasteiger partial charge >= 0.3 is 18.1 Å². The average molecular weight is 379 g/mol. The largest absolute Gasteiger partial charge is 0.481 e. The zero-order valence-electron chi connectivity index (χ0n) is 14.6. The third-order valence-corrected chi connectivity index (χ3v) is 6.19. The standard InChI is InChI=1S/C17H24F3NO5/c1-25-13-8-26-6-5-11(13)21(16(24)17(18,19)20)12-7-9-3-2-4-10(9)14(12)15(22)23/h9-14H,2-8H2,1H3,(H,22,23)/t9?,10?,11-,12?,13+,14+/m0/s1. The lowest BCUT2D eigenvalue weighted by atomic mass is 9.89. The number of fused-ring (bicyclic) bond motifs is 1. The van der Waals surface area contributed by atoms with Crippen LogP contribution in [0.5, 0.6) is 0 Å². The molecule has 0 aromatic rings. The lowest BCUT2D eigenvalue weighted by Crippen LogP contribution is -2.60. The molecule has 148 valence electrons. The quantitative estimate of drug-likeness (QED) is 0.809. The molecule has 1 aliphatic heterocycles. The molecule has 0 aromatic carbocycles. The minimum Gasteiger partial charge on any atom is -0.481 e. The number of carbonyl (C=O) groups excluding carboxylic acids is 1. The summed E-state index contributed by atoms with van der Waals surface area (Å²) < 4.78 is 50.6. The van der Waals surface area contributed by atoms with Gasteiger partial charge in [0.15, 0.2) is 0 Å². The van der Waals surface area contributed by atoms with Crippen molar-refractivity contribution in [2.45, 2.75) is 56.5 Å². The summed E-state index contributed by atoms with van der Waals surface area (Å²) in [5.41, 5.74) is 0. The first-order valence-corrected chi connectivity index (χ1v) is 8.98. The summed E-state index contributed by atoms with van der Waals surface area (Å²) in [6, 6.07) is -1.80. The summed E-state index contributed by atoms with van der Waals surface area (Å²) in [6.07, 6.45) is -2.89. The van der Waals surface area contributed by atoms with Gasteiger partial charge in [-0.15, -0.1) is 0 Å². The van der Waals surface area contributed by atoms with Gasteiger partial charge in [0.25, 0.3) is 0 Å². The number of rotatable bonds is 4. The number of halogens is 3. The van der Waals surface area contributed by atoms with Gasteiger partial charge in [0, 0.05) is 19.8 Å². The van der Waals surface area contributed by atoms with E-state index in [0.29, 0.717) is 12.8 Å². The van der Waals surface area contributed by atoms with Gasteiger partial charge in [0.1, 0.15) is 6.10 Å². The Bertz CT molecular complexity index is 555. The first kappa shape index (κ1) is 19.4. The highest BCUT2D eigenvalue weighted by Gasteiger charge is 2.57. The summed E-state index contributed by atoms with van der Waals surface area (Å²) in [5, 5.41) is 9.71. The Morgan fingerprint density at radius 1 is 1.19 bits per heavy atom. The number of methoxy groups -OCH3 is 1. The van der Waals surface area contributed by atoms with Crippen LogP contribution in [0.3, 0.4) is 0 Å². The Morgan fingerprint density at radius 3 is 2.54 bits per heavy atom. The second kappa shape index (κ2) is 7.34. The number of ether oxygens (including phenoxy) is 2. The molecule has 0 radical (unpaired) electrons. The van der Waals surface area contributed by atoms with Crippen molar-refractivity contribution in [3.63, 3.8) is 0 Å². The average Bonchev–Trinajstić information content (AvgIpc) is 3.15. The summed E-state index contributed by atoms with van der Waals surface area (Å²) >= 11 is 0. The Hall–Kier alpha value is -1.35. The van der Waals surface area contributed by atoms with Gasteiger partial charge in [-0.1, -0.05) is 12.8 Å². The van der Waals surface area contributed by atoms with Crippen LogP contribution in [0.2, 0.25) is 0 Å². The normalized spacial score (nSPS) is 37.4. The van der Waals surface area contributed by atoms with E-state index in [2.05, 4.69) is 0 Å². The van der Waals surface area contributed by atoms with E-state index in [1.54, 1.807) is 0 Å². The number of hydrogen-bond acceptors (Lipinski definition) is 4. The second-order valence-electron chi connectivity index (χ2n) is 7.44. The van der Waals surface area contributed by atoms with E-state index in [-0.39, 0.29) is 31.5 Å². The van der Waals surface area contributed by atoms with E-state index in [1.807, 2.05) is 0 Å². The van der Waals surface area contributed by atoms with Crippen molar-refractivity contribution >= 4 is 11.9 Å². The minimum absolute atomic E-state index is 0.0606. The molecule has 1 heterocycles. The number of hydrogen-bond donors (Lipinski definition) is 1. The van der Waals surface area contributed by atoms with Gasteiger partial charge < -0.3 is 19.5 Å². The molecule has 3 aliphatic rings. The fraction of sp³-hybridized carbons (Fsp3) is 0.882. The topological polar surface area (TPSA) is 76.1 Å². The maximum Gasteiger partial charge on any atom is 0.471 e. The third-order valence-electron chi connectivity index (χ3n) is 6.19. The van der Waals surface area contributed by atoms with Crippen LogP contribution < -0.4 is 0 Å². The van der Waals surface area contributed by atoms with Crippen LogP contribution in [-0.4, -0.2) is 66.6 Å². The van der Waals surface area contributed by atoms with Gasteiger partial charge in [-0.25, -0.2) is 0 Å². The predicted molar refractivity (Wildman–Crippen MR) is 83.3 cm³/mol. The van der Waals surface area contributed by atoms with Gasteiger partial charge in [0.2, 0.25) is 0 Å². The molecule has 6 atom stereocenters. The molecule has 1 amide bonds. The van der Waals surface area contributed by atoms with Crippen LogP contribution in [0.1, 0.15) is 32.1 Å². The van der Waals surface area contributed by atoms with Crippen molar-refractivity contribution in [3.8, 4) is 0 Å². The van der Waals surface area contributed by atoms with Crippen LogP contribution in [-0.2, 0) is 19.1 Å². The van der Waals surface area contributed by atoms with Crippen molar-refractivity contribution in [2.24, 2.45) is 17.8 Å². The number of alkyl halides is 3. The SMILES string of the molecule is CO[C@@H]1COCC[C@@H]1N(C(=O)C(F)(F)F)C1CC2CCCC2[C@H]1C(=O)O. The molecule has 1 saturated heterocycles. The molecule has 3 fully saturated rings. The number of amides is 1. The van der Waals surface area contributed by atoms with Crippen molar-refractivity contribution in [1.29, 1.82) is 0 Å². The van der Waals surface area contributed by atoms with Gasteiger partial charge in [-0.2, -0.15) is 13.2 Å². The van der Waals surface area contributed by atoms with E-state index in [1.165, 1.54) is 7.11 Å². The number of nitrogens with zero attached hydrogens (tertiary/aromatic N) is 1. The molecule has 0 bridgehead atoms. The predicted octanol–water partition coefficient (Wildman–Crippen LogP) is 2.07. The van der Waals surface area contributed by atoms with E-state index in [0.717, 1.165) is 17.7 Å². The van der Waals surface area contributed by atoms with E-state index in [4.69, 9.17) is 9.47 Å². The molecule has 2 aliphatic carbocycles. The maximum atomic E-state index is 13.3. The molecule has 3 unspecified atom stereocenters. The minimum atomic E-state index is -5.06. The molecule has 9 heteroatoms. The monoisotopic (exact) mass is 379 g/mol. The van der Waals surface area contributed by atoms with Crippen LogP contribution in [0.15, 0.2) is 0 Å².